The van der Waals surface area contributed by atoms with Gasteiger partial charge in [-0.3, -0.25) is 29.4 Å². The number of anilines is 1. The molecule has 1 unspecified atom stereocenters. The molecular weight excluding hydrogens is 903 g/mol. The van der Waals surface area contributed by atoms with Crippen LogP contribution in [0.2, 0.25) is 5.02 Å². The maximum Gasteiger partial charge on any atom is 0.328 e. The maximum atomic E-state index is 15.8. The Morgan fingerprint density at radius 1 is 0.841 bits per heavy atom. The highest BCUT2D eigenvalue weighted by Gasteiger charge is 2.33. The molecule has 4 aromatic carbocycles. The van der Waals surface area contributed by atoms with Crippen LogP contribution in [0.1, 0.15) is 104 Å². The van der Waals surface area contributed by atoms with Gasteiger partial charge >= 0.3 is 6.03 Å². The standard InChI is InChI=1S/C53H62ClFN6O8/c1-32-8-16-40(29-45(32)61-27-24-47(62)59-53(61)66)68-31-48(63)60-25-22-39(23-26-60)69-38-17-9-34(10-18-38)52(65)58-37-14-12-36(13-15-37)57-30-43(33-6-4-3-5-7-33)35-11-20-44(54)42(28-35)49-41(51(56)64)19-21-46(67-2)50(49)55/h3-8,11,16,19-21,28-29,34,36-39,43,57H,9-10,12-15,17-18,22-27,30-31H2,1-2H3,(H2,56,64)(H,58,65)(H,59,62,66). The number of halogens is 2. The van der Waals surface area contributed by atoms with Gasteiger partial charge in [-0.25, -0.2) is 9.18 Å². The quantitative estimate of drug-likeness (QED) is 0.0871. The van der Waals surface area contributed by atoms with E-state index >= 15 is 4.39 Å². The van der Waals surface area contributed by atoms with Crippen molar-refractivity contribution in [1.29, 1.82) is 0 Å². The maximum absolute atomic E-state index is 15.8. The first-order valence-electron chi connectivity index (χ1n) is 24.2. The van der Waals surface area contributed by atoms with Crippen LogP contribution in [0, 0.1) is 18.7 Å². The van der Waals surface area contributed by atoms with Gasteiger partial charge in [-0.2, -0.15) is 0 Å². The predicted molar refractivity (Wildman–Crippen MR) is 261 cm³/mol. The largest absolute Gasteiger partial charge is 0.494 e. The van der Waals surface area contributed by atoms with Crippen LogP contribution in [0.15, 0.2) is 78.9 Å². The average molecular weight is 966 g/mol. The number of hydrogen-bond donors (Lipinski definition) is 4. The summed E-state index contributed by atoms with van der Waals surface area (Å²) in [5.41, 5.74) is 9.53. The van der Waals surface area contributed by atoms with Gasteiger partial charge in [-0.15, -0.1) is 0 Å². The van der Waals surface area contributed by atoms with E-state index < -0.39 is 17.8 Å². The van der Waals surface area contributed by atoms with Gasteiger partial charge in [0.1, 0.15) is 5.75 Å². The summed E-state index contributed by atoms with van der Waals surface area (Å²) in [6, 6.07) is 23.6. The number of methoxy groups -OCH3 is 1. The number of nitrogens with two attached hydrogens (primary N) is 1. The van der Waals surface area contributed by atoms with Gasteiger partial charge in [0.2, 0.25) is 17.7 Å². The van der Waals surface area contributed by atoms with Crippen LogP contribution in [0.5, 0.6) is 11.5 Å². The van der Waals surface area contributed by atoms with Gasteiger partial charge in [-0.1, -0.05) is 54.1 Å². The Hall–Kier alpha value is -6.03. The van der Waals surface area contributed by atoms with Gasteiger partial charge in [0.25, 0.3) is 5.91 Å². The number of rotatable bonds is 16. The predicted octanol–water partition coefficient (Wildman–Crippen LogP) is 7.80. The third-order valence-corrected chi connectivity index (χ3v) is 14.6. The number of piperidine rings is 1. The molecule has 0 bridgehead atoms. The second kappa shape index (κ2) is 22.6. The molecule has 1 atom stereocenters. The van der Waals surface area contributed by atoms with E-state index in [1.165, 1.54) is 24.1 Å². The number of carbonyl (C=O) groups excluding carboxylic acids is 5. The molecule has 366 valence electrons. The van der Waals surface area contributed by atoms with E-state index in [0.29, 0.717) is 36.6 Å². The van der Waals surface area contributed by atoms with Crippen LogP contribution in [0.3, 0.4) is 0 Å². The second-order valence-corrected chi connectivity index (χ2v) is 19.1. The number of hydrogen-bond acceptors (Lipinski definition) is 9. The monoisotopic (exact) mass is 964 g/mol. The lowest BCUT2D eigenvalue weighted by molar-refractivity contribution is -0.137. The molecule has 5 N–H and O–H groups in total. The lowest BCUT2D eigenvalue weighted by Crippen LogP contribution is -2.49. The molecule has 6 amide bonds. The molecule has 0 spiro atoms. The summed E-state index contributed by atoms with van der Waals surface area (Å²) in [4.78, 5) is 66.4. The highest BCUT2D eigenvalue weighted by molar-refractivity contribution is 6.33. The Morgan fingerprint density at radius 3 is 2.25 bits per heavy atom. The number of benzene rings is 4. The van der Waals surface area contributed by atoms with Crippen LogP contribution in [-0.4, -0.2) is 98.7 Å². The molecule has 69 heavy (non-hydrogen) atoms. The van der Waals surface area contributed by atoms with Crippen LogP contribution >= 0.6 is 11.6 Å². The topological polar surface area (TPSA) is 182 Å². The summed E-state index contributed by atoms with van der Waals surface area (Å²) >= 11 is 6.69. The highest BCUT2D eigenvalue weighted by Crippen LogP contribution is 2.39. The van der Waals surface area contributed by atoms with E-state index in [0.717, 1.165) is 80.9 Å². The third kappa shape index (κ3) is 12.1. The minimum Gasteiger partial charge on any atom is -0.494 e. The molecule has 4 fully saturated rings. The minimum absolute atomic E-state index is 0.00610. The van der Waals surface area contributed by atoms with E-state index in [4.69, 9.17) is 31.5 Å². The SMILES string of the molecule is COc1ccc(C(N)=O)c(-c2cc(C(CNC3CCC(NC(=O)C4CCC(OC5CCN(C(=O)COc6ccc(C)c(N7CCC(=O)NC7=O)c6)CC5)CC4)CC3)c3ccccc3)ccc2Cl)c1F. The first-order chi connectivity index (χ1) is 33.3. The van der Waals surface area contributed by atoms with Gasteiger partial charge in [0, 0.05) is 78.7 Å². The van der Waals surface area contributed by atoms with Crippen molar-refractivity contribution < 1.29 is 42.6 Å². The number of nitrogens with one attached hydrogen (secondary N) is 3. The van der Waals surface area contributed by atoms with Crippen molar-refractivity contribution in [3.05, 3.63) is 112 Å². The molecule has 2 heterocycles. The summed E-state index contributed by atoms with van der Waals surface area (Å²) < 4.78 is 33.4. The number of likely N-dealkylation sites (tertiary alicyclic amines) is 1. The highest BCUT2D eigenvalue weighted by atomic mass is 35.5. The van der Waals surface area contributed by atoms with Crippen molar-refractivity contribution in [3.63, 3.8) is 0 Å². The fourth-order valence-corrected chi connectivity index (χ4v) is 10.5. The first kappa shape index (κ1) is 49.4. The number of aryl methyl sites for hydroxylation is 1. The molecule has 0 radical (unpaired) electrons. The molecule has 2 saturated heterocycles. The van der Waals surface area contributed by atoms with E-state index in [2.05, 4.69) is 28.1 Å². The minimum atomic E-state index is -0.770. The van der Waals surface area contributed by atoms with E-state index in [1.807, 2.05) is 43.3 Å². The first-order valence-corrected chi connectivity index (χ1v) is 24.6. The van der Waals surface area contributed by atoms with Gasteiger partial charge in [-0.05, 0) is 118 Å². The molecule has 14 nitrogen and oxygen atoms in total. The summed E-state index contributed by atoms with van der Waals surface area (Å²) in [6.07, 6.45) is 8.63. The van der Waals surface area contributed by atoms with E-state index in [-0.39, 0.29) is 95.3 Å². The fraction of sp³-hybridized carbons (Fsp3) is 0.453. The van der Waals surface area contributed by atoms with Crippen molar-refractivity contribution in [2.45, 2.75) is 108 Å². The molecule has 16 heteroatoms. The average Bonchev–Trinajstić information content (AvgIpc) is 3.35. The zero-order valence-electron chi connectivity index (χ0n) is 39.3. The van der Waals surface area contributed by atoms with Crippen LogP contribution in [-0.2, 0) is 19.1 Å². The zero-order valence-corrected chi connectivity index (χ0v) is 40.0. The molecule has 4 aromatic rings. The van der Waals surface area contributed by atoms with Crippen LogP contribution in [0.25, 0.3) is 11.1 Å². The molecule has 0 aromatic heterocycles. The lowest BCUT2D eigenvalue weighted by Gasteiger charge is -2.36. The third-order valence-electron chi connectivity index (χ3n) is 14.3. The van der Waals surface area contributed by atoms with Crippen molar-refractivity contribution >= 4 is 46.9 Å². The molecule has 8 rings (SSSR count). The molecule has 2 aliphatic heterocycles. The van der Waals surface area contributed by atoms with Crippen LogP contribution in [0.4, 0.5) is 14.9 Å². The van der Waals surface area contributed by atoms with E-state index in [1.54, 1.807) is 23.1 Å². The lowest BCUT2D eigenvalue weighted by atomic mass is 9.85. The van der Waals surface area contributed by atoms with Crippen LogP contribution < -0.4 is 36.1 Å². The number of imide groups is 1. The Morgan fingerprint density at radius 2 is 1.55 bits per heavy atom. The second-order valence-electron chi connectivity index (χ2n) is 18.7. The Balaban J connectivity index is 0.758. The normalized spacial score (nSPS) is 21.6. The van der Waals surface area contributed by atoms with Gasteiger partial charge in [0.15, 0.2) is 18.2 Å². The smallest absolute Gasteiger partial charge is 0.328 e. The van der Waals surface area contributed by atoms with Gasteiger partial charge in [0.05, 0.1) is 30.6 Å². The number of urea groups is 1. The molecule has 4 aliphatic rings. The number of ether oxygens (including phenoxy) is 3. The molecule has 2 saturated carbocycles. The summed E-state index contributed by atoms with van der Waals surface area (Å²) in [6.45, 7) is 3.80. The van der Waals surface area contributed by atoms with E-state index in [9.17, 15) is 24.0 Å². The summed E-state index contributed by atoms with van der Waals surface area (Å²) in [5, 5.41) is 9.78. The summed E-state index contributed by atoms with van der Waals surface area (Å²) in [5.74, 6) is -1.44. The van der Waals surface area contributed by atoms with Gasteiger partial charge < -0.3 is 35.5 Å². The number of primary amides is 1. The Bertz CT molecular complexity index is 2510. The fourth-order valence-electron chi connectivity index (χ4n) is 10.3. The van der Waals surface area contributed by atoms with Crippen molar-refractivity contribution in [2.75, 3.05) is 44.8 Å². The number of nitrogens with zero attached hydrogens (tertiary/aromatic N) is 2. The molecule has 2 aliphatic carbocycles. The number of amides is 6. The Labute approximate surface area is 407 Å². The molecular formula is C53H62ClFN6O8. The zero-order chi connectivity index (χ0) is 48.6. The van der Waals surface area contributed by atoms with Crippen molar-refractivity contribution in [2.24, 2.45) is 11.7 Å². The number of carbonyl (C=O) groups is 5. The Kier molecular flexibility index (Phi) is 16.2. The van der Waals surface area contributed by atoms with Crippen molar-refractivity contribution in [1.82, 2.24) is 20.9 Å². The van der Waals surface area contributed by atoms with Crippen molar-refractivity contribution in [3.8, 4) is 22.6 Å². The summed E-state index contributed by atoms with van der Waals surface area (Å²) in [7, 11) is 1.36.